The number of nitrogens with one attached hydrogen (secondary N) is 1. The lowest BCUT2D eigenvalue weighted by Crippen LogP contribution is -2.41. The summed E-state index contributed by atoms with van der Waals surface area (Å²) in [5.74, 6) is -4.64. The van der Waals surface area contributed by atoms with Crippen LogP contribution in [-0.2, 0) is 4.79 Å². The van der Waals surface area contributed by atoms with Crippen LogP contribution in [0.15, 0.2) is 24.3 Å². The number of alkyl halides is 2. The lowest BCUT2D eigenvalue weighted by Gasteiger charge is -2.14. The second-order valence-electron chi connectivity index (χ2n) is 4.27. The molecule has 0 radical (unpaired) electrons. The van der Waals surface area contributed by atoms with Crippen LogP contribution < -0.4 is 11.1 Å². The van der Waals surface area contributed by atoms with Crippen molar-refractivity contribution in [1.29, 1.82) is 0 Å². The summed E-state index contributed by atoms with van der Waals surface area (Å²) in [7, 11) is 0. The Balaban J connectivity index is 2.37. The molecule has 1 aromatic carbocycles. The highest BCUT2D eigenvalue weighted by Gasteiger charge is 2.27. The van der Waals surface area contributed by atoms with E-state index in [1.54, 1.807) is 0 Å². The highest BCUT2D eigenvalue weighted by atomic mass is 19.3. The summed E-state index contributed by atoms with van der Waals surface area (Å²) in [6.07, 6.45) is -0.345. The van der Waals surface area contributed by atoms with Crippen LogP contribution in [0, 0.1) is 5.82 Å². The quantitative estimate of drug-likeness (QED) is 0.747. The van der Waals surface area contributed by atoms with E-state index in [1.807, 2.05) is 5.32 Å². The highest BCUT2D eigenvalue weighted by Crippen LogP contribution is 2.10. The molecule has 3 N–H and O–H groups in total. The lowest BCUT2D eigenvalue weighted by atomic mass is 10.1. The van der Waals surface area contributed by atoms with Gasteiger partial charge in [-0.1, -0.05) is 0 Å². The summed E-state index contributed by atoms with van der Waals surface area (Å²) >= 11 is 0. The van der Waals surface area contributed by atoms with Crippen LogP contribution in [-0.4, -0.2) is 30.7 Å². The van der Waals surface area contributed by atoms with Gasteiger partial charge in [0.2, 0.25) is 5.91 Å². The van der Waals surface area contributed by atoms with Gasteiger partial charge in [0, 0.05) is 18.4 Å². The van der Waals surface area contributed by atoms with Crippen LogP contribution in [0.2, 0.25) is 0 Å². The Kier molecular flexibility index (Phi) is 5.69. The van der Waals surface area contributed by atoms with E-state index in [0.29, 0.717) is 0 Å². The molecule has 0 aliphatic rings. The van der Waals surface area contributed by atoms with E-state index in [2.05, 4.69) is 0 Å². The average Bonchev–Trinajstić information content (AvgIpc) is 2.43. The summed E-state index contributed by atoms with van der Waals surface area (Å²) in [5, 5.41) is 2.01. The van der Waals surface area contributed by atoms with Gasteiger partial charge in [0.1, 0.15) is 5.82 Å². The minimum atomic E-state index is -3.16. The van der Waals surface area contributed by atoms with E-state index in [1.165, 1.54) is 12.1 Å². The molecule has 1 amide bonds. The first-order chi connectivity index (χ1) is 9.34. The van der Waals surface area contributed by atoms with Gasteiger partial charge in [-0.25, -0.2) is 13.2 Å². The Bertz CT molecular complexity index is 475. The third-order valence-corrected chi connectivity index (χ3v) is 2.59. The molecule has 20 heavy (non-hydrogen) atoms. The number of carbonyl (C=O) groups excluding carboxylic acids is 2. The number of Topliss-reactive ketones (excluding diaryl/α,β-unsaturated/α-hetero) is 1. The molecule has 0 aliphatic heterocycles. The van der Waals surface area contributed by atoms with E-state index in [-0.39, 0.29) is 24.2 Å². The molecule has 1 aromatic rings. The van der Waals surface area contributed by atoms with Crippen molar-refractivity contribution in [2.45, 2.75) is 18.8 Å². The number of carbonyl (C=O) groups is 2. The largest absolute Gasteiger partial charge is 0.350 e. The van der Waals surface area contributed by atoms with Crippen molar-refractivity contribution in [2.75, 3.05) is 13.1 Å². The molecule has 110 valence electrons. The zero-order chi connectivity index (χ0) is 15.2. The fourth-order valence-electron chi connectivity index (χ4n) is 1.40. The van der Waals surface area contributed by atoms with E-state index in [4.69, 9.17) is 5.73 Å². The van der Waals surface area contributed by atoms with Crippen molar-refractivity contribution in [1.82, 2.24) is 5.32 Å². The molecule has 0 fully saturated rings. The summed E-state index contributed by atoms with van der Waals surface area (Å²) < 4.78 is 38.2. The van der Waals surface area contributed by atoms with Crippen molar-refractivity contribution >= 4 is 11.7 Å². The monoisotopic (exact) mass is 288 g/mol. The fraction of sp³-hybridized carbons (Fsp3) is 0.385. The smallest absolute Gasteiger partial charge is 0.277 e. The molecule has 0 atom stereocenters. The number of hydrogen-bond acceptors (Lipinski definition) is 3. The zero-order valence-corrected chi connectivity index (χ0v) is 10.7. The Morgan fingerprint density at radius 2 is 1.75 bits per heavy atom. The fourth-order valence-corrected chi connectivity index (χ4v) is 1.40. The SMILES string of the molecule is NCC(F)(F)CNC(=O)CCC(=O)c1ccc(F)cc1. The second kappa shape index (κ2) is 7.04. The summed E-state index contributed by atoms with van der Waals surface area (Å²) in [5.41, 5.74) is 5.09. The zero-order valence-electron chi connectivity index (χ0n) is 10.7. The van der Waals surface area contributed by atoms with Gasteiger partial charge >= 0.3 is 0 Å². The average molecular weight is 288 g/mol. The molecule has 0 bridgehead atoms. The highest BCUT2D eigenvalue weighted by molar-refractivity contribution is 5.97. The Morgan fingerprint density at radius 1 is 1.15 bits per heavy atom. The van der Waals surface area contributed by atoms with Gasteiger partial charge in [-0.05, 0) is 24.3 Å². The number of benzene rings is 1. The Morgan fingerprint density at radius 3 is 2.30 bits per heavy atom. The third-order valence-electron chi connectivity index (χ3n) is 2.59. The maximum atomic E-state index is 12.8. The predicted octanol–water partition coefficient (Wildman–Crippen LogP) is 1.50. The first kappa shape index (κ1) is 16.2. The minimum Gasteiger partial charge on any atom is -0.350 e. The van der Waals surface area contributed by atoms with Crippen LogP contribution in [0.5, 0.6) is 0 Å². The number of halogens is 3. The summed E-state index contributed by atoms with van der Waals surface area (Å²) in [4.78, 5) is 22.9. The van der Waals surface area contributed by atoms with Gasteiger partial charge < -0.3 is 11.1 Å². The van der Waals surface area contributed by atoms with E-state index >= 15 is 0 Å². The number of hydrogen-bond donors (Lipinski definition) is 2. The molecule has 0 aromatic heterocycles. The van der Waals surface area contributed by atoms with Crippen molar-refractivity contribution in [3.63, 3.8) is 0 Å². The van der Waals surface area contributed by atoms with Crippen molar-refractivity contribution in [2.24, 2.45) is 5.73 Å². The maximum Gasteiger partial charge on any atom is 0.277 e. The van der Waals surface area contributed by atoms with Gasteiger partial charge in [0.05, 0.1) is 13.1 Å². The van der Waals surface area contributed by atoms with Crippen LogP contribution in [0.25, 0.3) is 0 Å². The topological polar surface area (TPSA) is 72.2 Å². The Labute approximate surface area is 114 Å². The van der Waals surface area contributed by atoms with Crippen LogP contribution in [0.4, 0.5) is 13.2 Å². The van der Waals surface area contributed by atoms with Gasteiger partial charge in [-0.15, -0.1) is 0 Å². The third kappa shape index (κ3) is 5.40. The van der Waals surface area contributed by atoms with Gasteiger partial charge in [-0.3, -0.25) is 9.59 Å². The second-order valence-corrected chi connectivity index (χ2v) is 4.27. The van der Waals surface area contributed by atoms with E-state index in [9.17, 15) is 22.8 Å². The maximum absolute atomic E-state index is 12.8. The van der Waals surface area contributed by atoms with Crippen LogP contribution in [0.3, 0.4) is 0 Å². The number of ketones is 1. The van der Waals surface area contributed by atoms with Crippen LogP contribution >= 0.6 is 0 Å². The Hall–Kier alpha value is -1.89. The molecule has 0 spiro atoms. The molecule has 4 nitrogen and oxygen atoms in total. The van der Waals surface area contributed by atoms with Crippen LogP contribution in [0.1, 0.15) is 23.2 Å². The summed E-state index contributed by atoms with van der Waals surface area (Å²) in [6.45, 7) is -1.71. The summed E-state index contributed by atoms with van der Waals surface area (Å²) in [6, 6.07) is 4.88. The minimum absolute atomic E-state index is 0.133. The van der Waals surface area contributed by atoms with Crippen molar-refractivity contribution in [3.8, 4) is 0 Å². The number of nitrogens with two attached hydrogens (primary N) is 1. The molecule has 0 aliphatic carbocycles. The first-order valence-corrected chi connectivity index (χ1v) is 5.97. The lowest BCUT2D eigenvalue weighted by molar-refractivity contribution is -0.122. The standard InChI is InChI=1S/C13H15F3N2O2/c14-10-3-1-9(2-4-10)11(19)5-6-12(20)18-8-13(15,16)7-17/h1-4H,5-8,17H2,(H,18,20). The number of rotatable bonds is 7. The van der Waals surface area contributed by atoms with Crippen molar-refractivity contribution in [3.05, 3.63) is 35.6 Å². The van der Waals surface area contributed by atoms with E-state index < -0.39 is 30.7 Å². The van der Waals surface area contributed by atoms with Gasteiger partial charge in [0.15, 0.2) is 5.78 Å². The molecule has 1 rings (SSSR count). The molecule has 0 saturated carbocycles. The van der Waals surface area contributed by atoms with Gasteiger partial charge in [0.25, 0.3) is 5.92 Å². The first-order valence-electron chi connectivity index (χ1n) is 5.97. The normalized spacial score (nSPS) is 11.2. The molecule has 0 heterocycles. The molecular weight excluding hydrogens is 273 g/mol. The molecular formula is C13H15F3N2O2. The number of amides is 1. The van der Waals surface area contributed by atoms with Crippen molar-refractivity contribution < 1.29 is 22.8 Å². The predicted molar refractivity (Wildman–Crippen MR) is 67.0 cm³/mol. The molecule has 7 heteroatoms. The van der Waals surface area contributed by atoms with E-state index in [0.717, 1.165) is 12.1 Å². The molecule has 0 unspecified atom stereocenters. The molecule has 0 saturated heterocycles. The van der Waals surface area contributed by atoms with Gasteiger partial charge in [-0.2, -0.15) is 0 Å².